The van der Waals surface area contributed by atoms with Gasteiger partial charge in [-0.1, -0.05) is 6.07 Å². The highest BCUT2D eigenvalue weighted by Crippen LogP contribution is 2.65. The van der Waals surface area contributed by atoms with Crippen LogP contribution in [-0.4, -0.2) is 70.5 Å². The van der Waals surface area contributed by atoms with Crippen molar-refractivity contribution in [3.05, 3.63) is 35.1 Å². The zero-order chi connectivity index (χ0) is 23.0. The lowest BCUT2D eigenvalue weighted by atomic mass is 9.50. The summed E-state index contributed by atoms with van der Waals surface area (Å²) in [6.07, 6.45) is 1.24. The lowest BCUT2D eigenvalue weighted by molar-refractivity contribution is -0.175. The molecule has 1 aromatic carbocycles. The fraction of sp³-hybridized carbons (Fsp3) is 0.565. The topological polar surface area (TPSA) is 132 Å². The van der Waals surface area contributed by atoms with Gasteiger partial charge in [0.15, 0.2) is 23.7 Å². The first-order valence-corrected chi connectivity index (χ1v) is 10.9. The van der Waals surface area contributed by atoms with Crippen molar-refractivity contribution < 1.29 is 34.0 Å². The van der Waals surface area contributed by atoms with Crippen LogP contribution in [0, 0.1) is 0 Å². The second-order valence-electron chi connectivity index (χ2n) is 9.39. The highest BCUT2D eigenvalue weighted by molar-refractivity contribution is 5.82. The molecule has 0 radical (unpaired) electrons. The van der Waals surface area contributed by atoms with Crippen molar-refractivity contribution in [2.45, 2.75) is 68.4 Å². The molecule has 4 N–H and O–H groups in total. The van der Waals surface area contributed by atoms with Gasteiger partial charge in [-0.15, -0.1) is 0 Å². The van der Waals surface area contributed by atoms with Gasteiger partial charge in [0.1, 0.15) is 11.8 Å². The molecule has 2 bridgehead atoms. The van der Waals surface area contributed by atoms with Gasteiger partial charge >= 0.3 is 11.9 Å². The van der Waals surface area contributed by atoms with E-state index in [0.717, 1.165) is 17.7 Å². The largest absolute Gasteiger partial charge is 0.504 e. The molecule has 32 heavy (non-hydrogen) atoms. The molecule has 6 atom stereocenters. The molecule has 2 aliphatic carbocycles. The predicted molar refractivity (Wildman–Crippen MR) is 112 cm³/mol. The van der Waals surface area contributed by atoms with Crippen LogP contribution < -0.4 is 10.5 Å². The zero-order valence-corrected chi connectivity index (χ0v) is 18.3. The fourth-order valence-corrected chi connectivity index (χ4v) is 5.97. The Morgan fingerprint density at radius 2 is 2.06 bits per heavy atom. The Bertz CT molecular complexity index is 1040. The summed E-state index contributed by atoms with van der Waals surface area (Å²) in [6.45, 7) is 3.61. The molecule has 1 fully saturated rings. The van der Waals surface area contributed by atoms with Crippen molar-refractivity contribution in [2.75, 3.05) is 13.6 Å². The molecule has 0 saturated carbocycles. The van der Waals surface area contributed by atoms with Crippen LogP contribution in [0.4, 0.5) is 0 Å². The summed E-state index contributed by atoms with van der Waals surface area (Å²) in [7, 11) is 2.00. The molecular formula is C23H28N2O7. The van der Waals surface area contributed by atoms with Crippen LogP contribution in [0.2, 0.25) is 0 Å². The lowest BCUT2D eigenvalue weighted by Gasteiger charge is -2.61. The van der Waals surface area contributed by atoms with Crippen molar-refractivity contribution in [1.82, 2.24) is 4.90 Å². The number of likely N-dealkylation sites (N-methyl/N-ethyl adjacent to an activating group) is 1. The summed E-state index contributed by atoms with van der Waals surface area (Å²) in [5, 5.41) is 22.6. The Hall–Kier alpha value is -2.62. The first-order chi connectivity index (χ1) is 15.1. The highest BCUT2D eigenvalue weighted by atomic mass is 16.6. The number of piperidine rings is 1. The average molecular weight is 444 g/mol. The van der Waals surface area contributed by atoms with Crippen molar-refractivity contribution >= 4 is 11.9 Å². The van der Waals surface area contributed by atoms with E-state index >= 15 is 0 Å². The average Bonchev–Trinajstić information content (AvgIpc) is 3.10. The monoisotopic (exact) mass is 444 g/mol. The van der Waals surface area contributed by atoms with E-state index in [2.05, 4.69) is 4.90 Å². The van der Waals surface area contributed by atoms with Gasteiger partial charge in [-0.3, -0.25) is 4.79 Å². The number of phenols is 1. The normalized spacial score (nSPS) is 34.0. The SMILES string of the molecule is C[C@H](N)C(=O)O[C@@H](C)C(=O)OC1=CC[C@@]2(O)[C@H]3Cc4ccc(O)c5c4C2(CCN3C)[C@H]1O5. The van der Waals surface area contributed by atoms with E-state index in [1.54, 1.807) is 12.1 Å². The predicted octanol–water partition coefficient (Wildman–Crippen LogP) is 0.492. The van der Waals surface area contributed by atoms with Crippen LogP contribution in [0.25, 0.3) is 0 Å². The van der Waals surface area contributed by atoms with Gasteiger partial charge in [0, 0.05) is 18.0 Å². The van der Waals surface area contributed by atoms with Crippen molar-refractivity contribution in [2.24, 2.45) is 5.73 Å². The van der Waals surface area contributed by atoms with Gasteiger partial charge in [-0.25, -0.2) is 4.79 Å². The van der Waals surface area contributed by atoms with Crippen LogP contribution >= 0.6 is 0 Å². The molecular weight excluding hydrogens is 416 g/mol. The number of nitrogens with zero attached hydrogens (tertiary/aromatic N) is 1. The number of likely N-dealkylation sites (tertiary alicyclic amines) is 1. The van der Waals surface area contributed by atoms with Crippen LogP contribution in [0.3, 0.4) is 0 Å². The molecule has 0 amide bonds. The Morgan fingerprint density at radius 1 is 1.31 bits per heavy atom. The smallest absolute Gasteiger partial charge is 0.352 e. The minimum atomic E-state index is -1.16. The summed E-state index contributed by atoms with van der Waals surface area (Å²) in [5.41, 5.74) is 5.35. The van der Waals surface area contributed by atoms with Gasteiger partial charge in [-0.05, 0) is 58.0 Å². The van der Waals surface area contributed by atoms with Gasteiger partial charge in [-0.2, -0.15) is 0 Å². The highest BCUT2D eigenvalue weighted by Gasteiger charge is 2.72. The number of phenolic OH excluding ortho intramolecular Hbond substituents is 1. The minimum Gasteiger partial charge on any atom is -0.504 e. The van der Waals surface area contributed by atoms with Crippen LogP contribution in [0.5, 0.6) is 11.5 Å². The standard InChI is InChI=1S/C23H28N2O7/c1-11(24)20(27)30-12(2)21(28)31-15-6-7-23(29)16-10-13-4-5-14(26)18-17(13)22(23,19(15)32-18)8-9-25(16)3/h4-6,11-12,16,19,26,29H,7-10,24H2,1-3H3/t11-,12-,16+,19-,22?,23+/m0/s1. The first kappa shape index (κ1) is 21.2. The van der Waals surface area contributed by atoms with E-state index in [9.17, 15) is 19.8 Å². The first-order valence-electron chi connectivity index (χ1n) is 10.9. The number of esters is 2. The number of carbonyl (C=O) groups excluding carboxylic acids is 2. The van der Waals surface area contributed by atoms with E-state index in [1.807, 2.05) is 13.1 Å². The summed E-state index contributed by atoms with van der Waals surface area (Å²) in [5.74, 6) is -0.859. The van der Waals surface area contributed by atoms with E-state index < -0.39 is 41.2 Å². The number of rotatable bonds is 4. The second-order valence-corrected chi connectivity index (χ2v) is 9.39. The molecule has 1 aromatic rings. The maximum atomic E-state index is 12.7. The summed E-state index contributed by atoms with van der Waals surface area (Å²) in [6, 6.07) is 2.49. The van der Waals surface area contributed by atoms with E-state index in [4.69, 9.17) is 19.9 Å². The number of hydrogen-bond acceptors (Lipinski definition) is 9. The number of carbonyl (C=O) groups is 2. The third-order valence-electron chi connectivity index (χ3n) is 7.57. The molecule has 1 unspecified atom stereocenters. The Kier molecular flexibility index (Phi) is 4.60. The number of aromatic hydroxyl groups is 1. The third kappa shape index (κ3) is 2.61. The number of nitrogens with two attached hydrogens (primary N) is 1. The maximum absolute atomic E-state index is 12.7. The maximum Gasteiger partial charge on any atom is 0.352 e. The van der Waals surface area contributed by atoms with E-state index in [1.165, 1.54) is 13.8 Å². The fourth-order valence-electron chi connectivity index (χ4n) is 5.97. The van der Waals surface area contributed by atoms with E-state index in [-0.39, 0.29) is 24.0 Å². The van der Waals surface area contributed by atoms with Crippen molar-refractivity contribution in [1.29, 1.82) is 0 Å². The minimum absolute atomic E-state index is 0.00263. The van der Waals surface area contributed by atoms with Gasteiger partial charge in [0.05, 0.1) is 11.0 Å². The third-order valence-corrected chi connectivity index (χ3v) is 7.57. The molecule has 0 aromatic heterocycles. The van der Waals surface area contributed by atoms with Gasteiger partial charge in [0.2, 0.25) is 0 Å². The molecule has 5 rings (SSSR count). The molecule has 2 heterocycles. The van der Waals surface area contributed by atoms with Crippen LogP contribution in [0.1, 0.15) is 37.8 Å². The van der Waals surface area contributed by atoms with Gasteiger partial charge in [0.25, 0.3) is 0 Å². The number of hydrogen-bond donors (Lipinski definition) is 3. The van der Waals surface area contributed by atoms with E-state index in [0.29, 0.717) is 18.6 Å². The number of ether oxygens (including phenoxy) is 3. The van der Waals surface area contributed by atoms with Gasteiger partial charge < -0.3 is 35.1 Å². The quantitative estimate of drug-likeness (QED) is 0.568. The summed E-state index contributed by atoms with van der Waals surface area (Å²) < 4.78 is 17.0. The molecule has 1 spiro atoms. The Labute approximate surface area is 185 Å². The van der Waals surface area contributed by atoms with Crippen molar-refractivity contribution in [3.8, 4) is 11.5 Å². The zero-order valence-electron chi connectivity index (χ0n) is 18.3. The molecule has 4 aliphatic rings. The van der Waals surface area contributed by atoms with Crippen LogP contribution in [-0.2, 0) is 30.9 Å². The number of benzene rings is 1. The lowest BCUT2D eigenvalue weighted by Crippen LogP contribution is -2.74. The molecule has 2 aliphatic heterocycles. The molecule has 9 nitrogen and oxygen atoms in total. The summed E-state index contributed by atoms with van der Waals surface area (Å²) >= 11 is 0. The van der Waals surface area contributed by atoms with Crippen molar-refractivity contribution in [3.63, 3.8) is 0 Å². The molecule has 1 saturated heterocycles. The number of aliphatic hydroxyl groups is 1. The second kappa shape index (κ2) is 6.94. The molecule has 9 heteroatoms. The Morgan fingerprint density at radius 3 is 2.78 bits per heavy atom. The Balaban J connectivity index is 1.53. The van der Waals surface area contributed by atoms with Crippen LogP contribution in [0.15, 0.2) is 24.0 Å². The molecule has 172 valence electrons. The summed E-state index contributed by atoms with van der Waals surface area (Å²) in [4.78, 5) is 26.6.